The molecule has 1 unspecified atom stereocenters. The van der Waals surface area contributed by atoms with E-state index in [1.807, 2.05) is 4.90 Å². The summed E-state index contributed by atoms with van der Waals surface area (Å²) in [7, 11) is 1.68. The number of piperazine rings is 1. The maximum Gasteiger partial charge on any atom is 0.403 e. The number of alkyl halides is 3. The van der Waals surface area contributed by atoms with Crippen LogP contribution < -0.4 is 5.32 Å². The van der Waals surface area contributed by atoms with Crippen LogP contribution in [0.2, 0.25) is 0 Å². The number of hydrogen-bond acceptors (Lipinski definition) is 3. The van der Waals surface area contributed by atoms with Crippen LogP contribution >= 0.6 is 24.0 Å². The van der Waals surface area contributed by atoms with Crippen LogP contribution in [0.1, 0.15) is 20.8 Å². The number of halogens is 4. The molecule has 1 rings (SSSR count). The van der Waals surface area contributed by atoms with Gasteiger partial charge in [0.05, 0.1) is 6.61 Å². The molecular weight excluding hydrogens is 436 g/mol. The number of aliphatic imine (C=N–C) groups is 1. The van der Waals surface area contributed by atoms with E-state index < -0.39 is 12.2 Å². The lowest BCUT2D eigenvalue weighted by atomic mass is 10.2. The summed E-state index contributed by atoms with van der Waals surface area (Å²) < 4.78 is 43.7. The first-order valence-electron chi connectivity index (χ1n) is 8.09. The molecular formula is C15H30F3IN4O. The molecule has 0 aromatic carbocycles. The maximum absolute atomic E-state index is 12.7. The fourth-order valence-corrected chi connectivity index (χ4v) is 2.41. The van der Waals surface area contributed by atoms with Crippen molar-refractivity contribution in [3.8, 4) is 0 Å². The van der Waals surface area contributed by atoms with E-state index in [0.717, 1.165) is 5.96 Å². The second kappa shape index (κ2) is 11.3. The van der Waals surface area contributed by atoms with E-state index >= 15 is 0 Å². The van der Waals surface area contributed by atoms with Crippen molar-refractivity contribution in [1.29, 1.82) is 0 Å². The zero-order valence-corrected chi connectivity index (χ0v) is 17.2. The van der Waals surface area contributed by atoms with Crippen molar-refractivity contribution in [1.82, 2.24) is 15.1 Å². The third kappa shape index (κ3) is 8.19. The van der Waals surface area contributed by atoms with Crippen LogP contribution in [0, 0.1) is 5.92 Å². The molecule has 5 nitrogen and oxygen atoms in total. The highest BCUT2D eigenvalue weighted by atomic mass is 127. The van der Waals surface area contributed by atoms with Gasteiger partial charge in [-0.05, 0) is 12.8 Å². The third-order valence-electron chi connectivity index (χ3n) is 3.83. The fourth-order valence-electron chi connectivity index (χ4n) is 2.41. The molecule has 0 bridgehead atoms. The molecule has 1 aliphatic rings. The minimum Gasteiger partial charge on any atom is -0.379 e. The van der Waals surface area contributed by atoms with Gasteiger partial charge < -0.3 is 15.0 Å². The largest absolute Gasteiger partial charge is 0.403 e. The lowest BCUT2D eigenvalue weighted by Gasteiger charge is -2.39. The van der Waals surface area contributed by atoms with Crippen molar-refractivity contribution < 1.29 is 17.9 Å². The Bertz CT molecular complexity index is 372. The maximum atomic E-state index is 12.7. The van der Waals surface area contributed by atoms with Crippen LogP contribution in [-0.2, 0) is 4.74 Å². The molecule has 0 spiro atoms. The third-order valence-corrected chi connectivity index (χ3v) is 3.83. The Balaban J connectivity index is 0.00000529. The monoisotopic (exact) mass is 466 g/mol. The van der Waals surface area contributed by atoms with E-state index in [2.05, 4.69) is 24.2 Å². The summed E-state index contributed by atoms with van der Waals surface area (Å²) in [6.07, 6.45) is -4.17. The summed E-state index contributed by atoms with van der Waals surface area (Å²) in [4.78, 5) is 7.65. The summed E-state index contributed by atoms with van der Waals surface area (Å²) >= 11 is 0. The molecule has 0 aliphatic carbocycles. The van der Waals surface area contributed by atoms with Crippen molar-refractivity contribution in [2.75, 3.05) is 53.0 Å². The average Bonchev–Trinajstić information content (AvgIpc) is 2.49. The zero-order valence-electron chi connectivity index (χ0n) is 14.9. The van der Waals surface area contributed by atoms with Crippen LogP contribution in [0.15, 0.2) is 4.99 Å². The minimum atomic E-state index is -4.17. The molecule has 1 N–H and O–H groups in total. The van der Waals surface area contributed by atoms with Crippen LogP contribution in [0.25, 0.3) is 0 Å². The first-order valence-corrected chi connectivity index (χ1v) is 8.09. The van der Waals surface area contributed by atoms with Crippen LogP contribution in [0.4, 0.5) is 13.2 Å². The summed E-state index contributed by atoms with van der Waals surface area (Å²) in [5.74, 6) is 1.22. The van der Waals surface area contributed by atoms with Crippen LogP contribution in [0.5, 0.6) is 0 Å². The number of hydrogen-bond donors (Lipinski definition) is 1. The Morgan fingerprint density at radius 2 is 1.75 bits per heavy atom. The van der Waals surface area contributed by atoms with Crippen LogP contribution in [-0.4, -0.2) is 81.0 Å². The van der Waals surface area contributed by atoms with E-state index in [4.69, 9.17) is 4.74 Å². The molecule has 1 fully saturated rings. The minimum absolute atomic E-state index is 0. The number of nitrogens with one attached hydrogen (secondary N) is 1. The molecule has 1 heterocycles. The van der Waals surface area contributed by atoms with Gasteiger partial charge in [-0.2, -0.15) is 13.2 Å². The van der Waals surface area contributed by atoms with Crippen molar-refractivity contribution in [3.05, 3.63) is 0 Å². The van der Waals surface area contributed by atoms with Crippen LogP contribution in [0.3, 0.4) is 0 Å². The molecule has 1 aliphatic heterocycles. The number of rotatable bonds is 6. The van der Waals surface area contributed by atoms with Gasteiger partial charge in [-0.25, -0.2) is 0 Å². The summed E-state index contributed by atoms with van der Waals surface area (Å²) in [5.41, 5.74) is 0. The highest BCUT2D eigenvalue weighted by Gasteiger charge is 2.41. The zero-order chi connectivity index (χ0) is 17.5. The molecule has 0 radical (unpaired) electrons. The predicted molar refractivity (Wildman–Crippen MR) is 101 cm³/mol. The second-order valence-electron chi connectivity index (χ2n) is 6.18. The highest BCUT2D eigenvalue weighted by Crippen LogP contribution is 2.25. The van der Waals surface area contributed by atoms with E-state index in [1.54, 1.807) is 7.05 Å². The molecule has 24 heavy (non-hydrogen) atoms. The van der Waals surface area contributed by atoms with E-state index in [9.17, 15) is 13.2 Å². The lowest BCUT2D eigenvalue weighted by molar-refractivity contribution is -0.181. The molecule has 0 aromatic heterocycles. The van der Waals surface area contributed by atoms with Gasteiger partial charge in [0.15, 0.2) is 5.96 Å². The normalized spacial score (nSPS) is 18.5. The molecule has 1 saturated heterocycles. The van der Waals surface area contributed by atoms with Crippen molar-refractivity contribution in [3.63, 3.8) is 0 Å². The topological polar surface area (TPSA) is 40.1 Å². The van der Waals surface area contributed by atoms with E-state index in [0.29, 0.717) is 51.9 Å². The predicted octanol–water partition coefficient (Wildman–Crippen LogP) is 2.42. The molecule has 9 heteroatoms. The fraction of sp³-hybridized carbons (Fsp3) is 0.933. The number of guanidine groups is 1. The molecule has 144 valence electrons. The van der Waals surface area contributed by atoms with Gasteiger partial charge >= 0.3 is 6.18 Å². The van der Waals surface area contributed by atoms with Crippen molar-refractivity contribution >= 4 is 29.9 Å². The first-order chi connectivity index (χ1) is 10.8. The summed E-state index contributed by atoms with van der Waals surface area (Å²) in [5, 5.41) is 3.20. The van der Waals surface area contributed by atoms with Gasteiger partial charge in [-0.3, -0.25) is 9.89 Å². The van der Waals surface area contributed by atoms with Gasteiger partial charge in [0, 0.05) is 46.4 Å². The Hall–Kier alpha value is -0.290. The SMILES string of the molecule is CN=C(NCCOCC(C)C)N1CCN(C(C)C(F)(F)F)CC1.I. The van der Waals surface area contributed by atoms with Crippen molar-refractivity contribution in [2.45, 2.75) is 33.0 Å². The lowest BCUT2D eigenvalue weighted by Crippen LogP contribution is -2.57. The molecule has 1 atom stereocenters. The quantitative estimate of drug-likeness (QED) is 0.283. The Labute approximate surface area is 160 Å². The molecule has 0 saturated carbocycles. The van der Waals surface area contributed by atoms with Gasteiger partial charge in [-0.1, -0.05) is 13.8 Å². The number of ether oxygens (including phenoxy) is 1. The Morgan fingerprint density at radius 1 is 1.17 bits per heavy atom. The second-order valence-corrected chi connectivity index (χ2v) is 6.18. The standard InChI is InChI=1S/C15H29F3N4O.HI/c1-12(2)11-23-10-5-20-14(19-4)22-8-6-21(7-9-22)13(3)15(16,17)18;/h12-13H,5-11H2,1-4H3,(H,19,20);1H. The Morgan fingerprint density at radius 3 is 2.21 bits per heavy atom. The molecule has 0 amide bonds. The average molecular weight is 466 g/mol. The van der Waals surface area contributed by atoms with Gasteiger partial charge in [0.2, 0.25) is 0 Å². The number of nitrogens with zero attached hydrogens (tertiary/aromatic N) is 3. The Kier molecular flexibility index (Phi) is 11.2. The van der Waals surface area contributed by atoms with Crippen molar-refractivity contribution in [2.24, 2.45) is 10.9 Å². The summed E-state index contributed by atoms with van der Waals surface area (Å²) in [6, 6.07) is -1.40. The summed E-state index contributed by atoms with van der Waals surface area (Å²) in [6.45, 7) is 9.17. The molecule has 0 aromatic rings. The van der Waals surface area contributed by atoms with E-state index in [-0.39, 0.29) is 24.0 Å². The van der Waals surface area contributed by atoms with E-state index in [1.165, 1.54) is 11.8 Å². The highest BCUT2D eigenvalue weighted by molar-refractivity contribution is 14.0. The van der Waals surface area contributed by atoms with Gasteiger partial charge in [-0.15, -0.1) is 24.0 Å². The smallest absolute Gasteiger partial charge is 0.379 e. The van der Waals surface area contributed by atoms with Gasteiger partial charge in [0.1, 0.15) is 6.04 Å². The first kappa shape index (κ1) is 23.7. The van der Waals surface area contributed by atoms with Gasteiger partial charge in [0.25, 0.3) is 0 Å².